The van der Waals surface area contributed by atoms with Gasteiger partial charge in [0, 0.05) is 34.3 Å². The van der Waals surface area contributed by atoms with Crippen LogP contribution < -0.4 is 21.3 Å². The van der Waals surface area contributed by atoms with E-state index in [0.717, 1.165) is 21.2 Å². The van der Waals surface area contributed by atoms with Crippen molar-refractivity contribution in [2.24, 2.45) is 0 Å². The Morgan fingerprint density at radius 2 is 1.08 bits per heavy atom. The highest BCUT2D eigenvalue weighted by Crippen LogP contribution is 2.29. The van der Waals surface area contributed by atoms with Crippen LogP contribution in [0.5, 0.6) is 0 Å². The summed E-state index contributed by atoms with van der Waals surface area (Å²) in [5, 5.41) is 10.9. The van der Waals surface area contributed by atoms with Gasteiger partial charge in [-0.1, -0.05) is 11.8 Å². The first-order chi connectivity index (χ1) is 12.1. The monoisotopic (exact) mass is 358 g/mol. The zero-order valence-corrected chi connectivity index (χ0v) is 15.1. The average molecular weight is 358 g/mol. The van der Waals surface area contributed by atoms with Gasteiger partial charge in [0.15, 0.2) is 0 Å². The van der Waals surface area contributed by atoms with Crippen molar-refractivity contribution in [3.63, 3.8) is 0 Å². The van der Waals surface area contributed by atoms with Gasteiger partial charge in [0.05, 0.1) is 0 Å². The Hall–Kier alpha value is -2.67. The minimum atomic E-state index is -0.210. The Morgan fingerprint density at radius 1 is 0.720 bits per heavy atom. The lowest BCUT2D eigenvalue weighted by Gasteiger charge is -2.08. The molecule has 7 heteroatoms. The van der Waals surface area contributed by atoms with Gasteiger partial charge < -0.3 is 21.3 Å². The first-order valence-electron chi connectivity index (χ1n) is 8.08. The van der Waals surface area contributed by atoms with Crippen molar-refractivity contribution in [3.8, 4) is 0 Å². The molecule has 0 spiro atoms. The van der Waals surface area contributed by atoms with E-state index in [1.54, 1.807) is 11.8 Å². The fourth-order valence-corrected chi connectivity index (χ4v) is 2.84. The SMILES string of the molecule is CCNC(=O)Nc1ccc(Sc2ccc(NC(=O)NCC)cc2)cc1. The van der Waals surface area contributed by atoms with E-state index in [1.807, 2.05) is 62.4 Å². The van der Waals surface area contributed by atoms with Crippen molar-refractivity contribution in [1.29, 1.82) is 0 Å². The predicted octanol–water partition coefficient (Wildman–Crippen LogP) is 4.12. The van der Waals surface area contributed by atoms with Crippen molar-refractivity contribution >= 4 is 35.2 Å². The third kappa shape index (κ3) is 6.39. The minimum Gasteiger partial charge on any atom is -0.338 e. The van der Waals surface area contributed by atoms with Crippen molar-refractivity contribution in [3.05, 3.63) is 48.5 Å². The average Bonchev–Trinajstić information content (AvgIpc) is 2.59. The van der Waals surface area contributed by atoms with Gasteiger partial charge in [0.1, 0.15) is 0 Å². The maximum Gasteiger partial charge on any atom is 0.319 e. The Morgan fingerprint density at radius 3 is 1.40 bits per heavy atom. The number of carbonyl (C=O) groups is 2. The van der Waals surface area contributed by atoms with Crippen molar-refractivity contribution in [1.82, 2.24) is 10.6 Å². The lowest BCUT2D eigenvalue weighted by Crippen LogP contribution is -2.28. The smallest absolute Gasteiger partial charge is 0.319 e. The molecular weight excluding hydrogens is 336 g/mol. The topological polar surface area (TPSA) is 82.3 Å². The Balaban J connectivity index is 1.91. The summed E-state index contributed by atoms with van der Waals surface area (Å²) in [4.78, 5) is 25.1. The van der Waals surface area contributed by atoms with E-state index in [1.165, 1.54) is 0 Å². The highest BCUT2D eigenvalue weighted by Gasteiger charge is 2.03. The second-order valence-corrected chi connectivity index (χ2v) is 6.27. The van der Waals surface area contributed by atoms with E-state index in [-0.39, 0.29) is 12.1 Å². The van der Waals surface area contributed by atoms with Crippen LogP contribution in [0.3, 0.4) is 0 Å². The van der Waals surface area contributed by atoms with Crippen molar-refractivity contribution < 1.29 is 9.59 Å². The molecule has 132 valence electrons. The fourth-order valence-electron chi connectivity index (χ4n) is 2.02. The maximum atomic E-state index is 11.5. The predicted molar refractivity (Wildman–Crippen MR) is 102 cm³/mol. The Labute approximate surface area is 151 Å². The van der Waals surface area contributed by atoms with E-state index in [0.29, 0.717) is 13.1 Å². The number of carbonyl (C=O) groups excluding carboxylic acids is 2. The minimum absolute atomic E-state index is 0.210. The van der Waals surface area contributed by atoms with E-state index >= 15 is 0 Å². The van der Waals surface area contributed by atoms with Gasteiger partial charge in [0.25, 0.3) is 0 Å². The van der Waals surface area contributed by atoms with Gasteiger partial charge in [-0.3, -0.25) is 0 Å². The molecule has 0 atom stereocenters. The summed E-state index contributed by atoms with van der Waals surface area (Å²) in [6, 6.07) is 14.8. The second kappa shape index (κ2) is 9.58. The molecule has 25 heavy (non-hydrogen) atoms. The highest BCUT2D eigenvalue weighted by atomic mass is 32.2. The molecule has 4 amide bonds. The summed E-state index contributed by atoms with van der Waals surface area (Å²) in [7, 11) is 0. The molecule has 0 saturated carbocycles. The van der Waals surface area contributed by atoms with Crippen LogP contribution in [0.25, 0.3) is 0 Å². The van der Waals surface area contributed by atoms with Crippen LogP contribution in [0.15, 0.2) is 58.3 Å². The molecule has 0 aliphatic carbocycles. The fraction of sp³-hybridized carbons (Fsp3) is 0.222. The lowest BCUT2D eigenvalue weighted by atomic mass is 10.3. The number of hydrogen-bond acceptors (Lipinski definition) is 3. The van der Waals surface area contributed by atoms with E-state index in [2.05, 4.69) is 21.3 Å². The number of nitrogens with one attached hydrogen (secondary N) is 4. The largest absolute Gasteiger partial charge is 0.338 e. The maximum absolute atomic E-state index is 11.5. The molecular formula is C18H22N4O2S. The molecule has 0 bridgehead atoms. The molecule has 6 nitrogen and oxygen atoms in total. The number of amides is 4. The van der Waals surface area contributed by atoms with E-state index < -0.39 is 0 Å². The van der Waals surface area contributed by atoms with Crippen LogP contribution in [-0.4, -0.2) is 25.2 Å². The molecule has 4 N–H and O–H groups in total. The number of rotatable bonds is 6. The van der Waals surface area contributed by atoms with Crippen LogP contribution in [0, 0.1) is 0 Å². The molecule has 0 heterocycles. The van der Waals surface area contributed by atoms with Gasteiger partial charge in [-0.15, -0.1) is 0 Å². The summed E-state index contributed by atoms with van der Waals surface area (Å²) >= 11 is 1.61. The third-order valence-electron chi connectivity index (χ3n) is 3.13. The molecule has 2 rings (SSSR count). The van der Waals surface area contributed by atoms with Gasteiger partial charge in [-0.25, -0.2) is 9.59 Å². The van der Waals surface area contributed by atoms with Crippen molar-refractivity contribution in [2.45, 2.75) is 23.6 Å². The number of anilines is 2. The first kappa shape index (κ1) is 18.7. The zero-order valence-electron chi connectivity index (χ0n) is 14.3. The molecule has 0 saturated heterocycles. The highest BCUT2D eigenvalue weighted by molar-refractivity contribution is 7.99. The molecule has 0 radical (unpaired) electrons. The van der Waals surface area contributed by atoms with Crippen LogP contribution in [0.1, 0.15) is 13.8 Å². The van der Waals surface area contributed by atoms with Crippen LogP contribution in [0.2, 0.25) is 0 Å². The normalized spacial score (nSPS) is 10.0. The molecule has 0 aliphatic heterocycles. The number of hydrogen-bond donors (Lipinski definition) is 4. The summed E-state index contributed by atoms with van der Waals surface area (Å²) in [5.41, 5.74) is 1.49. The molecule has 0 fully saturated rings. The molecule has 0 aliphatic rings. The molecule has 2 aromatic carbocycles. The van der Waals surface area contributed by atoms with Gasteiger partial charge in [0.2, 0.25) is 0 Å². The standard InChI is InChI=1S/C18H22N4O2S/c1-3-19-17(23)21-13-5-9-15(10-6-13)25-16-11-7-14(8-12-16)22-18(24)20-4-2/h5-12H,3-4H2,1-2H3,(H2,19,21,23)(H2,20,22,24). The van der Waals surface area contributed by atoms with Crippen LogP contribution in [-0.2, 0) is 0 Å². The lowest BCUT2D eigenvalue weighted by molar-refractivity contribution is 0.251. The molecule has 2 aromatic rings. The molecule has 0 aromatic heterocycles. The summed E-state index contributed by atoms with van der Waals surface area (Å²) in [6.07, 6.45) is 0. The van der Waals surface area contributed by atoms with Gasteiger partial charge in [-0.2, -0.15) is 0 Å². The van der Waals surface area contributed by atoms with Crippen molar-refractivity contribution in [2.75, 3.05) is 23.7 Å². The Bertz CT molecular complexity index is 641. The molecule has 0 unspecified atom stereocenters. The van der Waals surface area contributed by atoms with Gasteiger partial charge >= 0.3 is 12.1 Å². The number of benzene rings is 2. The van der Waals surface area contributed by atoms with Crippen LogP contribution >= 0.6 is 11.8 Å². The zero-order chi connectivity index (χ0) is 18.1. The Kier molecular flexibility index (Phi) is 7.16. The summed E-state index contributed by atoms with van der Waals surface area (Å²) in [6.45, 7) is 4.92. The summed E-state index contributed by atoms with van der Waals surface area (Å²) in [5.74, 6) is 0. The quantitative estimate of drug-likeness (QED) is 0.627. The summed E-state index contributed by atoms with van der Waals surface area (Å²) < 4.78 is 0. The third-order valence-corrected chi connectivity index (χ3v) is 4.15. The van der Waals surface area contributed by atoms with E-state index in [9.17, 15) is 9.59 Å². The van der Waals surface area contributed by atoms with E-state index in [4.69, 9.17) is 0 Å². The van der Waals surface area contributed by atoms with Crippen LogP contribution in [0.4, 0.5) is 21.0 Å². The van der Waals surface area contributed by atoms with Gasteiger partial charge in [-0.05, 0) is 62.4 Å². The first-order valence-corrected chi connectivity index (χ1v) is 8.90. The number of urea groups is 2. The second-order valence-electron chi connectivity index (χ2n) is 5.12.